The Morgan fingerprint density at radius 3 is 2.04 bits per heavy atom. The zero-order valence-electron chi connectivity index (χ0n) is 13.0. The van der Waals surface area contributed by atoms with Crippen LogP contribution in [-0.2, 0) is 10.3 Å². The van der Waals surface area contributed by atoms with E-state index >= 15 is 0 Å². The molecule has 1 aromatic carbocycles. The van der Waals surface area contributed by atoms with Crippen molar-refractivity contribution in [3.05, 3.63) is 66.2 Å². The summed E-state index contributed by atoms with van der Waals surface area (Å²) in [6.07, 6.45) is -1.96. The molecule has 0 fully saturated rings. The highest BCUT2D eigenvalue weighted by molar-refractivity contribution is 7.73. The summed E-state index contributed by atoms with van der Waals surface area (Å²) in [6, 6.07) is -1.36. The number of ether oxygens (including phenoxy) is 2. The zero-order chi connectivity index (χ0) is 20.1. The summed E-state index contributed by atoms with van der Waals surface area (Å²) in [6.45, 7) is 0. The fourth-order valence-corrected chi connectivity index (χ4v) is 2.44. The van der Waals surface area contributed by atoms with Crippen LogP contribution in [0.5, 0.6) is 11.5 Å². The first kappa shape index (κ1) is 20.4. The maximum Gasteiger partial charge on any atom is 0.344 e. The molecule has 144 valence electrons. The number of benzene rings is 1. The van der Waals surface area contributed by atoms with Gasteiger partial charge in [0.1, 0.15) is 0 Å². The summed E-state index contributed by atoms with van der Waals surface area (Å²) in [7, 11) is -2.49. The molecule has 0 atom stereocenters. The number of allylic oxidation sites excluding steroid dienone is 4. The van der Waals surface area contributed by atoms with E-state index in [4.69, 9.17) is 0 Å². The summed E-state index contributed by atoms with van der Waals surface area (Å²) < 4.78 is 106. The van der Waals surface area contributed by atoms with Gasteiger partial charge in [-0.15, -0.1) is 0 Å². The number of rotatable bonds is 5. The van der Waals surface area contributed by atoms with Crippen molar-refractivity contribution in [1.29, 1.82) is 0 Å². The minimum atomic E-state index is -2.84. The lowest BCUT2D eigenvalue weighted by molar-refractivity contribution is 0.213. The minimum absolute atomic E-state index is 0.0166. The van der Waals surface area contributed by atoms with Crippen molar-refractivity contribution in [2.24, 2.45) is 0 Å². The van der Waals surface area contributed by atoms with E-state index in [0.717, 1.165) is 6.07 Å². The SMILES string of the molecule is O=S(=O)=C1C=CC(c2cccc(OC(F)=C(F)F)c2OC(F)=C(F)F)=CC1. The lowest BCUT2D eigenvalue weighted by Crippen LogP contribution is -2.03. The van der Waals surface area contributed by atoms with Gasteiger partial charge in [0.2, 0.25) is 10.3 Å². The van der Waals surface area contributed by atoms with E-state index in [1.807, 2.05) is 0 Å². The van der Waals surface area contributed by atoms with E-state index in [0.29, 0.717) is 0 Å². The van der Waals surface area contributed by atoms with Gasteiger partial charge in [-0.25, -0.2) is 0 Å². The predicted molar refractivity (Wildman–Crippen MR) is 84.1 cm³/mol. The molecule has 0 amide bonds. The molecule has 0 radical (unpaired) electrons. The van der Waals surface area contributed by atoms with Crippen molar-refractivity contribution in [2.75, 3.05) is 0 Å². The number of halogens is 6. The zero-order valence-corrected chi connectivity index (χ0v) is 13.8. The second-order valence-electron chi connectivity index (χ2n) is 4.80. The molecule has 1 aromatic rings. The van der Waals surface area contributed by atoms with Crippen LogP contribution in [0.1, 0.15) is 12.0 Å². The normalized spacial score (nSPS) is 13.0. The molecule has 0 heterocycles. The van der Waals surface area contributed by atoms with E-state index in [1.54, 1.807) is 0 Å². The van der Waals surface area contributed by atoms with Crippen molar-refractivity contribution in [3.63, 3.8) is 0 Å². The predicted octanol–water partition coefficient (Wildman–Crippen LogP) is 4.91. The fourth-order valence-electron chi connectivity index (χ4n) is 2.04. The van der Waals surface area contributed by atoms with Crippen LogP contribution in [0.3, 0.4) is 0 Å². The van der Waals surface area contributed by atoms with Gasteiger partial charge in [0, 0.05) is 12.0 Å². The van der Waals surface area contributed by atoms with Crippen LogP contribution >= 0.6 is 0 Å². The first-order valence-corrected chi connectivity index (χ1v) is 8.02. The highest BCUT2D eigenvalue weighted by Crippen LogP contribution is 2.40. The van der Waals surface area contributed by atoms with Crippen molar-refractivity contribution >= 4 is 20.7 Å². The molecule has 0 N–H and O–H groups in total. The van der Waals surface area contributed by atoms with Gasteiger partial charge in [-0.05, 0) is 17.7 Å². The van der Waals surface area contributed by atoms with Crippen LogP contribution < -0.4 is 9.47 Å². The maximum absolute atomic E-state index is 13.3. The maximum atomic E-state index is 13.3. The minimum Gasteiger partial charge on any atom is -0.424 e. The Labute approximate surface area is 149 Å². The van der Waals surface area contributed by atoms with Gasteiger partial charge in [-0.3, -0.25) is 0 Å². The van der Waals surface area contributed by atoms with Crippen LogP contribution in [0.4, 0.5) is 26.3 Å². The molecule has 4 nitrogen and oxygen atoms in total. The molecule has 0 bridgehead atoms. The number of hydrogen-bond donors (Lipinski definition) is 0. The Bertz CT molecular complexity index is 1010. The summed E-state index contributed by atoms with van der Waals surface area (Å²) >= 11 is 0. The highest BCUT2D eigenvalue weighted by Gasteiger charge is 2.21. The third-order valence-electron chi connectivity index (χ3n) is 3.16. The molecule has 11 heteroatoms. The summed E-state index contributed by atoms with van der Waals surface area (Å²) in [5.74, 6) is -1.60. The molecule has 0 aliphatic heterocycles. The molecule has 2 rings (SSSR count). The van der Waals surface area contributed by atoms with Gasteiger partial charge in [0.15, 0.2) is 11.5 Å². The Kier molecular flexibility index (Phi) is 6.50. The van der Waals surface area contributed by atoms with Crippen LogP contribution in [-0.4, -0.2) is 13.3 Å². The van der Waals surface area contributed by atoms with E-state index in [9.17, 15) is 34.8 Å². The van der Waals surface area contributed by atoms with E-state index in [1.165, 1.54) is 30.4 Å². The second-order valence-corrected chi connectivity index (χ2v) is 5.80. The molecule has 1 aliphatic carbocycles. The number of para-hydroxylation sites is 1. The Morgan fingerprint density at radius 1 is 0.889 bits per heavy atom. The lowest BCUT2D eigenvalue weighted by atomic mass is 9.98. The van der Waals surface area contributed by atoms with Crippen molar-refractivity contribution < 1.29 is 44.2 Å². The Balaban J connectivity index is 2.58. The molecule has 0 unspecified atom stereocenters. The average Bonchev–Trinajstić information content (AvgIpc) is 2.62. The van der Waals surface area contributed by atoms with Crippen molar-refractivity contribution in [3.8, 4) is 11.5 Å². The molecular formula is C16H8F6O4S. The van der Waals surface area contributed by atoms with Crippen LogP contribution in [0.2, 0.25) is 0 Å². The molecule has 0 saturated carbocycles. The monoisotopic (exact) mass is 410 g/mol. The summed E-state index contributed by atoms with van der Waals surface area (Å²) in [5, 5.41) is 0. The summed E-state index contributed by atoms with van der Waals surface area (Å²) in [5.41, 5.74) is 0.0600. The lowest BCUT2D eigenvalue weighted by Gasteiger charge is -2.16. The molecule has 0 spiro atoms. The van der Waals surface area contributed by atoms with Gasteiger partial charge in [0.05, 0.1) is 4.86 Å². The summed E-state index contributed by atoms with van der Waals surface area (Å²) in [4.78, 5) is 0.0166. The van der Waals surface area contributed by atoms with Gasteiger partial charge < -0.3 is 9.47 Å². The average molecular weight is 410 g/mol. The van der Waals surface area contributed by atoms with E-state index < -0.39 is 46.0 Å². The molecule has 0 saturated heterocycles. The Morgan fingerprint density at radius 2 is 1.52 bits per heavy atom. The van der Waals surface area contributed by atoms with Crippen LogP contribution in [0, 0.1) is 0 Å². The molecule has 27 heavy (non-hydrogen) atoms. The third kappa shape index (κ3) is 5.03. The van der Waals surface area contributed by atoms with Crippen molar-refractivity contribution in [2.45, 2.75) is 6.42 Å². The van der Waals surface area contributed by atoms with Crippen LogP contribution in [0.15, 0.2) is 60.6 Å². The second kappa shape index (κ2) is 8.62. The Hall–Kier alpha value is -2.95. The largest absolute Gasteiger partial charge is 0.424 e. The topological polar surface area (TPSA) is 52.6 Å². The quantitative estimate of drug-likeness (QED) is 0.393. The van der Waals surface area contributed by atoms with Gasteiger partial charge in [-0.1, -0.05) is 24.3 Å². The first-order chi connectivity index (χ1) is 12.7. The van der Waals surface area contributed by atoms with E-state index in [2.05, 4.69) is 9.47 Å². The fraction of sp³-hybridized carbons (Fsp3) is 0.0625. The van der Waals surface area contributed by atoms with Crippen LogP contribution in [0.25, 0.3) is 5.57 Å². The van der Waals surface area contributed by atoms with Gasteiger partial charge in [-0.2, -0.15) is 34.8 Å². The first-order valence-electron chi connectivity index (χ1n) is 6.94. The highest BCUT2D eigenvalue weighted by atomic mass is 32.2. The van der Waals surface area contributed by atoms with Gasteiger partial charge in [0.25, 0.3) is 0 Å². The number of hydrogen-bond acceptors (Lipinski definition) is 4. The van der Waals surface area contributed by atoms with Crippen molar-refractivity contribution in [1.82, 2.24) is 0 Å². The third-order valence-corrected chi connectivity index (χ3v) is 3.90. The standard InChI is InChI=1S/C16H8F6O4S/c17-13(18)15(21)25-11-3-1-2-10(12(11)26-16(22)14(19)20)8-4-6-9(7-5-8)27(23)24/h1-6H,7H2. The van der Waals surface area contributed by atoms with Gasteiger partial charge >= 0.3 is 24.2 Å². The smallest absolute Gasteiger partial charge is 0.344 e. The molecular weight excluding hydrogens is 402 g/mol. The molecule has 1 aliphatic rings. The van der Waals surface area contributed by atoms with E-state index in [-0.39, 0.29) is 22.4 Å². The molecule has 0 aromatic heterocycles.